The quantitative estimate of drug-likeness (QED) is 0.303. The number of hydrogen-bond donors (Lipinski definition) is 0. The minimum absolute atomic E-state index is 0.427. The summed E-state index contributed by atoms with van der Waals surface area (Å²) in [5.41, 5.74) is 0. The van der Waals surface area contributed by atoms with E-state index in [0.717, 1.165) is 12.8 Å². The molecule has 0 spiro atoms. The predicted molar refractivity (Wildman–Crippen MR) is 46.8 cm³/mol. The normalized spacial score (nSPS) is 10.6. The van der Waals surface area contributed by atoms with Gasteiger partial charge in [0.1, 0.15) is 0 Å². The van der Waals surface area contributed by atoms with Crippen molar-refractivity contribution in [1.29, 1.82) is 0 Å². The Labute approximate surface area is 79.6 Å². The molecule has 4 heteroatoms. The Morgan fingerprint density at radius 1 is 0.923 bits per heavy atom. The highest BCUT2D eigenvalue weighted by molar-refractivity contribution is 4.43. The summed E-state index contributed by atoms with van der Waals surface area (Å²) in [6.07, 6.45) is 8.45. The van der Waals surface area contributed by atoms with E-state index in [4.69, 9.17) is 0 Å². The molecule has 1 radical (unpaired) electrons. The van der Waals surface area contributed by atoms with Gasteiger partial charge in [0.15, 0.2) is 0 Å². The van der Waals surface area contributed by atoms with Crippen LogP contribution in [0.25, 0.3) is 0 Å². The lowest BCUT2D eigenvalue weighted by Gasteiger charge is -1.99. The highest BCUT2D eigenvalue weighted by atomic mass is 17.6. The molecule has 0 saturated heterocycles. The van der Waals surface area contributed by atoms with Crippen molar-refractivity contribution in [3.63, 3.8) is 0 Å². The maximum absolute atomic E-state index is 9.29. The Kier molecular flexibility index (Phi) is 11.7. The third-order valence-corrected chi connectivity index (χ3v) is 1.91. The van der Waals surface area contributed by atoms with Crippen LogP contribution < -0.4 is 0 Å². The lowest BCUT2D eigenvalue weighted by atomic mass is 10.1. The second-order valence-electron chi connectivity index (χ2n) is 3.08. The standard InChI is InChI=1S/C9H19O4/c1-2-3-4-5-6-7-8-9-11-13-12-10/h2-9H2,1H3. The topological polar surface area (TPSA) is 47.6 Å². The molecule has 0 unspecified atom stereocenters. The van der Waals surface area contributed by atoms with Crippen molar-refractivity contribution in [2.75, 3.05) is 6.61 Å². The molecule has 0 aliphatic rings. The van der Waals surface area contributed by atoms with E-state index in [1.54, 1.807) is 0 Å². The summed E-state index contributed by atoms with van der Waals surface area (Å²) in [6, 6.07) is 0. The van der Waals surface area contributed by atoms with Crippen LogP contribution in [0.1, 0.15) is 51.9 Å². The minimum atomic E-state index is 0.427. The van der Waals surface area contributed by atoms with Crippen molar-refractivity contribution < 1.29 is 20.2 Å². The van der Waals surface area contributed by atoms with Gasteiger partial charge < -0.3 is 0 Å². The van der Waals surface area contributed by atoms with Crippen LogP contribution in [-0.2, 0) is 20.2 Å². The molecule has 0 atom stereocenters. The zero-order chi connectivity index (χ0) is 9.78. The van der Waals surface area contributed by atoms with Crippen molar-refractivity contribution in [1.82, 2.24) is 0 Å². The second-order valence-corrected chi connectivity index (χ2v) is 3.08. The Morgan fingerprint density at radius 3 is 2.15 bits per heavy atom. The van der Waals surface area contributed by atoms with Crippen molar-refractivity contribution >= 4 is 0 Å². The number of hydrogen-bond acceptors (Lipinski definition) is 3. The fourth-order valence-corrected chi connectivity index (χ4v) is 1.17. The van der Waals surface area contributed by atoms with E-state index in [1.807, 2.05) is 0 Å². The van der Waals surface area contributed by atoms with Gasteiger partial charge in [-0.15, -0.1) is 0 Å². The zero-order valence-corrected chi connectivity index (χ0v) is 8.29. The average Bonchev–Trinajstić information content (AvgIpc) is 2.16. The van der Waals surface area contributed by atoms with Crippen molar-refractivity contribution in [3.8, 4) is 0 Å². The van der Waals surface area contributed by atoms with Crippen LogP contribution in [-0.4, -0.2) is 6.61 Å². The number of unbranched alkanes of at least 4 members (excludes halogenated alkanes) is 6. The molecule has 0 rings (SSSR count). The van der Waals surface area contributed by atoms with Gasteiger partial charge in [-0.25, -0.2) is 4.89 Å². The highest BCUT2D eigenvalue weighted by Crippen LogP contribution is 2.06. The van der Waals surface area contributed by atoms with Gasteiger partial charge in [-0.3, -0.25) is 0 Å². The molecule has 0 aromatic carbocycles. The first-order valence-corrected chi connectivity index (χ1v) is 5.00. The lowest BCUT2D eigenvalue weighted by molar-refractivity contribution is -0.646. The van der Waals surface area contributed by atoms with Crippen LogP contribution in [0.4, 0.5) is 0 Å². The second kappa shape index (κ2) is 11.8. The van der Waals surface area contributed by atoms with Crippen LogP contribution in [0.15, 0.2) is 0 Å². The minimum Gasteiger partial charge on any atom is -0.204 e. The Bertz CT molecular complexity index is 77.7. The predicted octanol–water partition coefficient (Wildman–Crippen LogP) is 2.96. The van der Waals surface area contributed by atoms with Gasteiger partial charge in [0, 0.05) is 0 Å². The lowest BCUT2D eigenvalue weighted by Crippen LogP contribution is -1.95. The van der Waals surface area contributed by atoms with Crippen molar-refractivity contribution in [2.24, 2.45) is 0 Å². The van der Waals surface area contributed by atoms with E-state index in [9.17, 15) is 5.26 Å². The molecule has 0 fully saturated rings. The molecule has 0 heterocycles. The summed E-state index contributed by atoms with van der Waals surface area (Å²) in [4.78, 5) is 4.38. The van der Waals surface area contributed by atoms with Crippen LogP contribution in [0.5, 0.6) is 0 Å². The highest BCUT2D eigenvalue weighted by Gasteiger charge is 1.92. The van der Waals surface area contributed by atoms with E-state index in [2.05, 4.69) is 21.9 Å². The fourth-order valence-electron chi connectivity index (χ4n) is 1.17. The van der Waals surface area contributed by atoms with E-state index >= 15 is 0 Å². The zero-order valence-electron chi connectivity index (χ0n) is 8.29. The fraction of sp³-hybridized carbons (Fsp3) is 1.00. The van der Waals surface area contributed by atoms with Gasteiger partial charge in [0.2, 0.25) is 0 Å². The Morgan fingerprint density at radius 2 is 1.54 bits per heavy atom. The van der Waals surface area contributed by atoms with Crippen LogP contribution in [0.2, 0.25) is 0 Å². The van der Waals surface area contributed by atoms with E-state index in [-0.39, 0.29) is 0 Å². The molecule has 0 aromatic heterocycles. The van der Waals surface area contributed by atoms with Crippen LogP contribution in [0.3, 0.4) is 0 Å². The molecule has 4 nitrogen and oxygen atoms in total. The van der Waals surface area contributed by atoms with Gasteiger partial charge in [0.05, 0.1) is 6.61 Å². The molecular formula is C9H19O4. The van der Waals surface area contributed by atoms with Crippen molar-refractivity contribution in [3.05, 3.63) is 0 Å². The molecule has 0 aliphatic heterocycles. The summed E-state index contributed by atoms with van der Waals surface area (Å²) in [6.45, 7) is 2.63. The summed E-state index contributed by atoms with van der Waals surface area (Å²) in [5.74, 6) is 0. The summed E-state index contributed by atoms with van der Waals surface area (Å²) >= 11 is 0. The van der Waals surface area contributed by atoms with E-state index in [0.29, 0.717) is 6.61 Å². The first-order valence-electron chi connectivity index (χ1n) is 5.00. The van der Waals surface area contributed by atoms with Crippen LogP contribution >= 0.6 is 0 Å². The monoisotopic (exact) mass is 191 g/mol. The van der Waals surface area contributed by atoms with E-state index in [1.165, 1.54) is 32.1 Å². The van der Waals surface area contributed by atoms with Crippen LogP contribution in [0, 0.1) is 0 Å². The van der Waals surface area contributed by atoms with Gasteiger partial charge in [-0.2, -0.15) is 0 Å². The molecule has 79 valence electrons. The SMILES string of the molecule is CCCCCCCCCOOO[O]. The number of rotatable bonds is 10. The van der Waals surface area contributed by atoms with Gasteiger partial charge in [-0.05, 0) is 21.8 Å². The molecule has 0 aromatic rings. The maximum Gasteiger partial charge on any atom is 0.0855 e. The largest absolute Gasteiger partial charge is 0.204 e. The molecule has 0 amide bonds. The molecule has 0 N–H and O–H groups in total. The molecule has 0 saturated carbocycles. The molecular weight excluding hydrogens is 172 g/mol. The van der Waals surface area contributed by atoms with Gasteiger partial charge >= 0.3 is 0 Å². The molecule has 0 bridgehead atoms. The Balaban J connectivity index is 2.76. The van der Waals surface area contributed by atoms with Gasteiger partial charge in [-0.1, -0.05) is 45.4 Å². The summed E-state index contributed by atoms with van der Waals surface area (Å²) in [5, 5.41) is 16.0. The maximum atomic E-state index is 9.29. The van der Waals surface area contributed by atoms with Crippen molar-refractivity contribution in [2.45, 2.75) is 51.9 Å². The first-order chi connectivity index (χ1) is 6.41. The van der Waals surface area contributed by atoms with E-state index < -0.39 is 0 Å². The average molecular weight is 191 g/mol. The first kappa shape index (κ1) is 12.8. The Hall–Kier alpha value is -0.160. The molecule has 0 aliphatic carbocycles. The molecule has 13 heavy (non-hydrogen) atoms. The summed E-state index contributed by atoms with van der Waals surface area (Å²) in [7, 11) is 0. The van der Waals surface area contributed by atoms with Gasteiger partial charge in [0.25, 0.3) is 0 Å². The third kappa shape index (κ3) is 11.8. The summed E-state index contributed by atoms with van der Waals surface area (Å²) < 4.78 is 0. The smallest absolute Gasteiger partial charge is 0.0855 e. The third-order valence-electron chi connectivity index (χ3n) is 1.91.